The Morgan fingerprint density at radius 3 is 2.55 bits per heavy atom. The smallest absolute Gasteiger partial charge is 0.147 e. The molecule has 0 saturated heterocycles. The highest BCUT2D eigenvalue weighted by atomic mass is 32.2. The summed E-state index contributed by atoms with van der Waals surface area (Å²) >= 11 is 0. The second kappa shape index (κ2) is 4.14. The Morgan fingerprint density at radius 2 is 2.18 bits per heavy atom. The SMILES string of the molecule is C/C(=C/C#N)CCS(C)(=O)=O. The highest BCUT2D eigenvalue weighted by Crippen LogP contribution is 2.00. The van der Waals surface area contributed by atoms with Crippen LogP contribution in [0.3, 0.4) is 0 Å². The van der Waals surface area contributed by atoms with Crippen molar-refractivity contribution in [2.75, 3.05) is 12.0 Å². The van der Waals surface area contributed by atoms with Crippen LogP contribution in [0.4, 0.5) is 0 Å². The average molecular weight is 173 g/mol. The van der Waals surface area contributed by atoms with Crippen LogP contribution in [0.2, 0.25) is 0 Å². The Kier molecular flexibility index (Phi) is 3.83. The van der Waals surface area contributed by atoms with E-state index in [0.29, 0.717) is 6.42 Å². The van der Waals surface area contributed by atoms with Crippen molar-refractivity contribution < 1.29 is 8.42 Å². The second-order valence-electron chi connectivity index (χ2n) is 2.50. The predicted molar refractivity (Wildman–Crippen MR) is 43.7 cm³/mol. The van der Waals surface area contributed by atoms with E-state index < -0.39 is 9.84 Å². The summed E-state index contributed by atoms with van der Waals surface area (Å²) < 4.78 is 21.3. The molecule has 11 heavy (non-hydrogen) atoms. The molecular weight excluding hydrogens is 162 g/mol. The molecule has 0 saturated carbocycles. The van der Waals surface area contributed by atoms with Crippen LogP contribution in [0.15, 0.2) is 11.6 Å². The molecule has 0 atom stereocenters. The Bertz CT molecular complexity index is 282. The zero-order valence-electron chi connectivity index (χ0n) is 6.66. The molecule has 0 aromatic carbocycles. The summed E-state index contributed by atoms with van der Waals surface area (Å²) in [6.45, 7) is 1.74. The minimum atomic E-state index is -2.89. The third-order valence-electron chi connectivity index (χ3n) is 1.18. The van der Waals surface area contributed by atoms with Crippen molar-refractivity contribution >= 4 is 9.84 Å². The molecule has 0 amide bonds. The molecule has 0 aromatic rings. The van der Waals surface area contributed by atoms with Crippen LogP contribution < -0.4 is 0 Å². The van der Waals surface area contributed by atoms with Gasteiger partial charge in [0.1, 0.15) is 9.84 Å². The van der Waals surface area contributed by atoms with Gasteiger partial charge in [0.05, 0.1) is 11.8 Å². The minimum Gasteiger partial charge on any atom is -0.229 e. The average Bonchev–Trinajstić information content (AvgIpc) is 1.83. The van der Waals surface area contributed by atoms with E-state index in [1.54, 1.807) is 6.92 Å². The zero-order chi connectivity index (χ0) is 8.91. The van der Waals surface area contributed by atoms with Crippen LogP contribution in [0, 0.1) is 11.3 Å². The van der Waals surface area contributed by atoms with Gasteiger partial charge >= 0.3 is 0 Å². The lowest BCUT2D eigenvalue weighted by molar-refractivity contribution is 0.601. The highest BCUT2D eigenvalue weighted by Gasteiger charge is 2.01. The maximum Gasteiger partial charge on any atom is 0.147 e. The number of allylic oxidation sites excluding steroid dienone is 2. The quantitative estimate of drug-likeness (QED) is 0.595. The lowest BCUT2D eigenvalue weighted by Gasteiger charge is -1.96. The predicted octanol–water partition coefficient (Wildman–Crippen LogP) is 0.891. The maximum absolute atomic E-state index is 10.6. The fourth-order valence-corrected chi connectivity index (χ4v) is 1.22. The van der Waals surface area contributed by atoms with E-state index in [2.05, 4.69) is 0 Å². The number of rotatable bonds is 3. The Labute approximate surface area is 67.3 Å². The van der Waals surface area contributed by atoms with Gasteiger partial charge in [0.25, 0.3) is 0 Å². The van der Waals surface area contributed by atoms with Crippen LogP contribution in [-0.4, -0.2) is 20.4 Å². The van der Waals surface area contributed by atoms with Gasteiger partial charge in [-0.15, -0.1) is 0 Å². The van der Waals surface area contributed by atoms with Gasteiger partial charge in [0, 0.05) is 12.3 Å². The van der Waals surface area contributed by atoms with Crippen LogP contribution in [-0.2, 0) is 9.84 Å². The normalized spacial score (nSPS) is 12.6. The number of nitriles is 1. The largest absolute Gasteiger partial charge is 0.229 e. The molecule has 0 bridgehead atoms. The van der Waals surface area contributed by atoms with Crippen molar-refractivity contribution in [3.05, 3.63) is 11.6 Å². The van der Waals surface area contributed by atoms with E-state index in [4.69, 9.17) is 5.26 Å². The van der Waals surface area contributed by atoms with Crippen LogP contribution >= 0.6 is 0 Å². The number of hydrogen-bond donors (Lipinski definition) is 0. The molecule has 0 aliphatic heterocycles. The number of nitrogens with zero attached hydrogens (tertiary/aromatic N) is 1. The van der Waals surface area contributed by atoms with E-state index in [0.717, 1.165) is 5.57 Å². The lowest BCUT2D eigenvalue weighted by atomic mass is 10.2. The van der Waals surface area contributed by atoms with Crippen LogP contribution in [0.1, 0.15) is 13.3 Å². The van der Waals surface area contributed by atoms with Gasteiger partial charge in [-0.2, -0.15) is 5.26 Å². The molecule has 0 radical (unpaired) electrons. The molecule has 3 nitrogen and oxygen atoms in total. The monoisotopic (exact) mass is 173 g/mol. The fraction of sp³-hybridized carbons (Fsp3) is 0.571. The van der Waals surface area contributed by atoms with Crippen molar-refractivity contribution in [2.45, 2.75) is 13.3 Å². The van der Waals surface area contributed by atoms with Crippen molar-refractivity contribution in [1.29, 1.82) is 5.26 Å². The topological polar surface area (TPSA) is 57.9 Å². The summed E-state index contributed by atoms with van der Waals surface area (Å²) in [4.78, 5) is 0. The molecule has 62 valence electrons. The van der Waals surface area contributed by atoms with Crippen molar-refractivity contribution in [3.8, 4) is 6.07 Å². The molecule has 0 aliphatic carbocycles. The lowest BCUT2D eigenvalue weighted by Crippen LogP contribution is -2.02. The van der Waals surface area contributed by atoms with Crippen molar-refractivity contribution in [3.63, 3.8) is 0 Å². The standard InChI is InChI=1S/C7H11NO2S/c1-7(3-5-8)4-6-11(2,9)10/h3H,4,6H2,1-2H3/b7-3-. The third kappa shape index (κ3) is 7.07. The molecule has 0 rings (SSSR count). The van der Waals surface area contributed by atoms with Gasteiger partial charge in [-0.05, 0) is 13.3 Å². The molecule has 0 unspecified atom stereocenters. The van der Waals surface area contributed by atoms with Crippen LogP contribution in [0.25, 0.3) is 0 Å². The minimum absolute atomic E-state index is 0.122. The van der Waals surface area contributed by atoms with E-state index in [1.807, 2.05) is 6.07 Å². The number of sulfone groups is 1. The van der Waals surface area contributed by atoms with E-state index in [1.165, 1.54) is 12.3 Å². The molecule has 0 heterocycles. The van der Waals surface area contributed by atoms with Crippen molar-refractivity contribution in [2.24, 2.45) is 0 Å². The van der Waals surface area contributed by atoms with Gasteiger partial charge in [0.15, 0.2) is 0 Å². The molecular formula is C7H11NO2S. The Hall–Kier alpha value is -0.820. The van der Waals surface area contributed by atoms with E-state index in [9.17, 15) is 8.42 Å². The maximum atomic E-state index is 10.6. The molecule has 0 N–H and O–H groups in total. The summed E-state index contributed by atoms with van der Waals surface area (Å²) in [6, 6.07) is 1.85. The van der Waals surface area contributed by atoms with Gasteiger partial charge < -0.3 is 0 Å². The Balaban J connectivity index is 3.94. The first-order valence-corrected chi connectivity index (χ1v) is 5.25. The first-order valence-electron chi connectivity index (χ1n) is 3.18. The Morgan fingerprint density at radius 1 is 1.64 bits per heavy atom. The first-order chi connectivity index (χ1) is 4.95. The van der Waals surface area contributed by atoms with Gasteiger partial charge in [-0.1, -0.05) is 5.57 Å². The molecule has 0 aliphatic rings. The highest BCUT2D eigenvalue weighted by molar-refractivity contribution is 7.90. The second-order valence-corrected chi connectivity index (χ2v) is 4.76. The molecule has 4 heteroatoms. The molecule has 0 spiro atoms. The molecule has 0 fully saturated rings. The van der Waals surface area contributed by atoms with E-state index in [-0.39, 0.29) is 5.75 Å². The molecule has 0 aromatic heterocycles. The summed E-state index contributed by atoms with van der Waals surface area (Å²) in [5.41, 5.74) is 0.804. The van der Waals surface area contributed by atoms with E-state index >= 15 is 0 Å². The van der Waals surface area contributed by atoms with Gasteiger partial charge in [-0.3, -0.25) is 0 Å². The summed E-state index contributed by atoms with van der Waals surface area (Å²) in [5.74, 6) is 0.122. The number of hydrogen-bond acceptors (Lipinski definition) is 3. The van der Waals surface area contributed by atoms with Gasteiger partial charge in [-0.25, -0.2) is 8.42 Å². The summed E-state index contributed by atoms with van der Waals surface area (Å²) in [5, 5.41) is 8.19. The zero-order valence-corrected chi connectivity index (χ0v) is 7.48. The van der Waals surface area contributed by atoms with Gasteiger partial charge in [0.2, 0.25) is 0 Å². The fourth-order valence-electron chi connectivity index (χ4n) is 0.529. The van der Waals surface area contributed by atoms with Crippen LogP contribution in [0.5, 0.6) is 0 Å². The third-order valence-corrected chi connectivity index (χ3v) is 2.12. The summed E-state index contributed by atoms with van der Waals surface area (Å²) in [6.07, 6.45) is 3.00. The first kappa shape index (κ1) is 10.2. The summed E-state index contributed by atoms with van der Waals surface area (Å²) in [7, 11) is -2.89. The van der Waals surface area contributed by atoms with Crippen molar-refractivity contribution in [1.82, 2.24) is 0 Å².